The van der Waals surface area contributed by atoms with Crippen LogP contribution in [0.2, 0.25) is 10.0 Å². The van der Waals surface area contributed by atoms with Gasteiger partial charge in [0.1, 0.15) is 23.9 Å². The smallest absolute Gasteiger partial charge is 0.181 e. The molecule has 4 nitrogen and oxygen atoms in total. The number of ketones is 2. The number of benzene rings is 2. The summed E-state index contributed by atoms with van der Waals surface area (Å²) >= 11 is 11.7. The number of carbonyl (C=O) groups is 2. The number of halogens is 3. The van der Waals surface area contributed by atoms with E-state index in [0.717, 1.165) is 43.0 Å². The molecule has 7 heteroatoms. The highest BCUT2D eigenvalue weighted by atomic mass is 35.5. The summed E-state index contributed by atoms with van der Waals surface area (Å²) in [5.74, 6) is 0.632. The molecular formula is C27H26Cl2FNO3. The zero-order chi connectivity index (χ0) is 24.1. The average molecular weight is 502 g/mol. The normalized spacial score (nSPS) is 18.1. The molecule has 0 saturated heterocycles. The van der Waals surface area contributed by atoms with Crippen molar-refractivity contribution in [2.45, 2.75) is 44.9 Å². The molecular weight excluding hydrogens is 476 g/mol. The molecule has 0 spiro atoms. The quantitative estimate of drug-likeness (QED) is 0.285. The molecule has 1 fully saturated rings. The summed E-state index contributed by atoms with van der Waals surface area (Å²) in [5.41, 5.74) is 1.27. The first-order chi connectivity index (χ1) is 16.4. The highest BCUT2D eigenvalue weighted by molar-refractivity contribution is 6.31. The van der Waals surface area contributed by atoms with Crippen molar-refractivity contribution in [3.05, 3.63) is 70.1 Å². The minimum Gasteiger partial charge on any atom is -0.486 e. The first-order valence-electron chi connectivity index (χ1n) is 11.6. The van der Waals surface area contributed by atoms with Crippen molar-refractivity contribution in [3.8, 4) is 5.75 Å². The average Bonchev–Trinajstić information content (AvgIpc) is 2.84. The van der Waals surface area contributed by atoms with Gasteiger partial charge in [-0.1, -0.05) is 42.1 Å². The third kappa shape index (κ3) is 6.55. The van der Waals surface area contributed by atoms with Crippen LogP contribution in [0.4, 0.5) is 4.39 Å². The lowest BCUT2D eigenvalue weighted by Gasteiger charge is -2.28. The fourth-order valence-electron chi connectivity index (χ4n) is 4.51. The monoisotopic (exact) mass is 501 g/mol. The maximum Gasteiger partial charge on any atom is 0.181 e. The van der Waals surface area contributed by atoms with Crippen LogP contribution in [0.1, 0.15) is 55.4 Å². The number of nitrogens with zero attached hydrogens (tertiary/aromatic N) is 1. The Labute approximate surface area is 208 Å². The maximum absolute atomic E-state index is 13.5. The topological polar surface area (TPSA) is 56.3 Å². The molecule has 34 heavy (non-hydrogen) atoms. The van der Waals surface area contributed by atoms with Crippen molar-refractivity contribution in [2.24, 2.45) is 11.8 Å². The lowest BCUT2D eigenvalue weighted by Crippen LogP contribution is -2.19. The van der Waals surface area contributed by atoms with Crippen LogP contribution in [0.3, 0.4) is 0 Å². The minimum absolute atomic E-state index is 0.00340. The lowest BCUT2D eigenvalue weighted by atomic mass is 9.78. The van der Waals surface area contributed by atoms with Gasteiger partial charge in [0.2, 0.25) is 0 Å². The molecule has 0 radical (unpaired) electrons. The van der Waals surface area contributed by atoms with E-state index < -0.39 is 5.82 Å². The van der Waals surface area contributed by atoms with Crippen molar-refractivity contribution < 1.29 is 18.7 Å². The Hall–Kier alpha value is -2.50. The molecule has 4 rings (SSSR count). The van der Waals surface area contributed by atoms with Crippen molar-refractivity contribution in [3.63, 3.8) is 0 Å². The van der Waals surface area contributed by atoms with Gasteiger partial charge in [-0.15, -0.1) is 0 Å². The third-order valence-electron chi connectivity index (χ3n) is 6.50. The highest BCUT2D eigenvalue weighted by Gasteiger charge is 2.24. The number of hydrogen-bond donors (Lipinski definition) is 0. The van der Waals surface area contributed by atoms with Crippen LogP contribution in [0.25, 0.3) is 10.9 Å². The molecule has 0 N–H and O–H groups in total. The van der Waals surface area contributed by atoms with Gasteiger partial charge in [-0.25, -0.2) is 9.37 Å². The fourth-order valence-corrected chi connectivity index (χ4v) is 4.81. The molecule has 0 amide bonds. The Kier molecular flexibility index (Phi) is 8.17. The van der Waals surface area contributed by atoms with Gasteiger partial charge in [0.25, 0.3) is 0 Å². The summed E-state index contributed by atoms with van der Waals surface area (Å²) < 4.78 is 18.8. The molecule has 1 aliphatic rings. The SMILES string of the molecule is O=C(CCC1CCC(CC(=O)c2ccc3cc(Cl)ccc3n2)CC1)COc1ccc(Cl)c(F)c1. The van der Waals surface area contributed by atoms with Crippen molar-refractivity contribution in [1.29, 1.82) is 0 Å². The molecule has 0 atom stereocenters. The Morgan fingerprint density at radius 1 is 0.971 bits per heavy atom. The van der Waals surface area contributed by atoms with Gasteiger partial charge >= 0.3 is 0 Å². The van der Waals surface area contributed by atoms with Gasteiger partial charge in [0.15, 0.2) is 11.6 Å². The van der Waals surface area contributed by atoms with E-state index in [0.29, 0.717) is 41.1 Å². The summed E-state index contributed by atoms with van der Waals surface area (Å²) in [6.45, 7) is -0.0735. The van der Waals surface area contributed by atoms with Crippen LogP contribution in [-0.2, 0) is 4.79 Å². The van der Waals surface area contributed by atoms with E-state index in [-0.39, 0.29) is 23.2 Å². The van der Waals surface area contributed by atoms with E-state index in [2.05, 4.69) is 4.98 Å². The van der Waals surface area contributed by atoms with E-state index in [4.69, 9.17) is 27.9 Å². The highest BCUT2D eigenvalue weighted by Crippen LogP contribution is 2.34. The Balaban J connectivity index is 1.18. The lowest BCUT2D eigenvalue weighted by molar-refractivity contribution is -0.121. The third-order valence-corrected chi connectivity index (χ3v) is 7.04. The maximum atomic E-state index is 13.5. The molecule has 3 aromatic rings. The number of carbonyl (C=O) groups excluding carboxylic acids is 2. The number of hydrogen-bond acceptors (Lipinski definition) is 4. The minimum atomic E-state index is -0.567. The summed E-state index contributed by atoms with van der Waals surface area (Å²) in [4.78, 5) is 29.5. The molecule has 0 aliphatic heterocycles. The molecule has 2 aromatic carbocycles. The largest absolute Gasteiger partial charge is 0.486 e. The number of aromatic nitrogens is 1. The molecule has 0 bridgehead atoms. The second kappa shape index (κ2) is 11.3. The van der Waals surface area contributed by atoms with Crippen molar-refractivity contribution in [1.82, 2.24) is 4.98 Å². The molecule has 178 valence electrons. The van der Waals surface area contributed by atoms with E-state index >= 15 is 0 Å². The molecule has 1 heterocycles. The predicted molar refractivity (Wildman–Crippen MR) is 132 cm³/mol. The zero-order valence-electron chi connectivity index (χ0n) is 18.7. The second-order valence-corrected chi connectivity index (χ2v) is 9.83. The van der Waals surface area contributed by atoms with Crippen LogP contribution >= 0.6 is 23.2 Å². The molecule has 1 aliphatic carbocycles. The Bertz CT molecular complexity index is 1190. The standard InChI is InChI=1S/C27H26Cl2FNO3/c28-20-7-12-25-19(14-20)6-11-26(31-25)27(33)13-18-3-1-17(2-4-18)5-8-21(32)16-34-22-9-10-23(29)24(30)15-22/h6-7,9-12,14-15,17-18H,1-5,8,13,16H2. The Morgan fingerprint density at radius 3 is 2.50 bits per heavy atom. The first kappa shape index (κ1) is 24.6. The van der Waals surface area contributed by atoms with E-state index in [1.54, 1.807) is 18.2 Å². The van der Waals surface area contributed by atoms with E-state index in [9.17, 15) is 14.0 Å². The molecule has 1 saturated carbocycles. The number of pyridine rings is 1. The number of ether oxygens (including phenoxy) is 1. The summed E-state index contributed by atoms with van der Waals surface area (Å²) in [5, 5.41) is 1.59. The summed E-state index contributed by atoms with van der Waals surface area (Å²) in [7, 11) is 0. The van der Waals surface area contributed by atoms with Gasteiger partial charge in [-0.05, 0) is 67.5 Å². The van der Waals surface area contributed by atoms with Gasteiger partial charge < -0.3 is 4.74 Å². The van der Waals surface area contributed by atoms with Crippen molar-refractivity contribution in [2.75, 3.05) is 6.61 Å². The predicted octanol–water partition coefficient (Wildman–Crippen LogP) is 7.49. The number of Topliss-reactive ketones (excluding diaryl/α,β-unsaturated/α-hetero) is 2. The Morgan fingerprint density at radius 2 is 1.74 bits per heavy atom. The van der Waals surface area contributed by atoms with Crippen LogP contribution in [0.15, 0.2) is 48.5 Å². The van der Waals surface area contributed by atoms with E-state index in [1.165, 1.54) is 12.1 Å². The zero-order valence-corrected chi connectivity index (χ0v) is 20.2. The second-order valence-electron chi connectivity index (χ2n) is 8.99. The van der Waals surface area contributed by atoms with Crippen molar-refractivity contribution >= 4 is 45.7 Å². The van der Waals surface area contributed by atoms with Gasteiger partial charge in [-0.3, -0.25) is 9.59 Å². The number of fused-ring (bicyclic) bond motifs is 1. The van der Waals surface area contributed by atoms with Crippen LogP contribution < -0.4 is 4.74 Å². The molecule has 1 aromatic heterocycles. The van der Waals surface area contributed by atoms with Gasteiger partial charge in [-0.2, -0.15) is 0 Å². The summed E-state index contributed by atoms with van der Waals surface area (Å²) in [6, 6.07) is 13.3. The fraction of sp³-hybridized carbons (Fsp3) is 0.370. The molecule has 0 unspecified atom stereocenters. The van der Waals surface area contributed by atoms with Crippen LogP contribution in [0.5, 0.6) is 5.75 Å². The number of rotatable bonds is 9. The van der Waals surface area contributed by atoms with Gasteiger partial charge in [0, 0.05) is 29.3 Å². The van der Waals surface area contributed by atoms with Gasteiger partial charge in [0.05, 0.1) is 10.5 Å². The van der Waals surface area contributed by atoms with Crippen LogP contribution in [0, 0.1) is 17.7 Å². The first-order valence-corrected chi connectivity index (χ1v) is 12.3. The van der Waals surface area contributed by atoms with Crippen LogP contribution in [-0.4, -0.2) is 23.2 Å². The van der Waals surface area contributed by atoms with E-state index in [1.807, 2.05) is 18.2 Å². The summed E-state index contributed by atoms with van der Waals surface area (Å²) in [6.07, 6.45) is 5.74.